The van der Waals surface area contributed by atoms with E-state index in [-0.39, 0.29) is 11.4 Å². The van der Waals surface area contributed by atoms with Crippen LogP contribution in [0.5, 0.6) is 11.5 Å². The summed E-state index contributed by atoms with van der Waals surface area (Å²) in [7, 11) is 0. The molecule has 0 aliphatic rings. The molecule has 0 aliphatic carbocycles. The summed E-state index contributed by atoms with van der Waals surface area (Å²) in [6.07, 6.45) is 1.69. The van der Waals surface area contributed by atoms with Crippen LogP contribution in [0.3, 0.4) is 0 Å². The molecule has 5 nitrogen and oxygen atoms in total. The lowest BCUT2D eigenvalue weighted by atomic mass is 10.2. The van der Waals surface area contributed by atoms with Gasteiger partial charge in [0.05, 0.1) is 10.4 Å². The number of fused-ring (bicyclic) bond motifs is 1. The van der Waals surface area contributed by atoms with E-state index in [9.17, 15) is 10.1 Å². The van der Waals surface area contributed by atoms with Crippen molar-refractivity contribution in [3.8, 4) is 11.5 Å². The van der Waals surface area contributed by atoms with Crippen LogP contribution < -0.4 is 4.74 Å². The second-order valence-corrected chi connectivity index (χ2v) is 5.21. The molecule has 0 fully saturated rings. The highest BCUT2D eigenvalue weighted by atomic mass is 79.9. The van der Waals surface area contributed by atoms with E-state index in [1.54, 1.807) is 36.5 Å². The van der Waals surface area contributed by atoms with Crippen LogP contribution in [0.4, 0.5) is 5.69 Å². The van der Waals surface area contributed by atoms with Crippen LogP contribution in [0.2, 0.25) is 0 Å². The van der Waals surface area contributed by atoms with Gasteiger partial charge in [-0.3, -0.25) is 15.1 Å². The molecule has 1 aromatic heterocycles. The molecule has 0 saturated carbocycles. The van der Waals surface area contributed by atoms with Gasteiger partial charge in [0.2, 0.25) is 5.75 Å². The van der Waals surface area contributed by atoms with Crippen LogP contribution in [-0.2, 0) is 0 Å². The zero-order valence-corrected chi connectivity index (χ0v) is 12.3. The predicted octanol–water partition coefficient (Wildman–Crippen LogP) is 4.70. The first kappa shape index (κ1) is 13.5. The molecule has 3 aromatic rings. The van der Waals surface area contributed by atoms with E-state index in [1.807, 2.05) is 12.1 Å². The number of benzene rings is 2. The van der Waals surface area contributed by atoms with E-state index in [1.165, 1.54) is 6.07 Å². The van der Waals surface area contributed by atoms with Crippen LogP contribution in [0.25, 0.3) is 10.9 Å². The quantitative estimate of drug-likeness (QED) is 0.510. The summed E-state index contributed by atoms with van der Waals surface area (Å²) in [4.78, 5) is 14.9. The Morgan fingerprint density at radius 2 is 1.95 bits per heavy atom. The number of nitrogens with zero attached hydrogens (tertiary/aromatic N) is 2. The number of hydrogen-bond acceptors (Lipinski definition) is 4. The maximum absolute atomic E-state index is 11.1. The zero-order valence-electron chi connectivity index (χ0n) is 10.7. The van der Waals surface area contributed by atoms with Crippen molar-refractivity contribution in [1.82, 2.24) is 4.98 Å². The molecule has 0 saturated heterocycles. The molecular formula is C15H9BrN2O3. The molecular weight excluding hydrogens is 336 g/mol. The highest BCUT2D eigenvalue weighted by Crippen LogP contribution is 2.36. The first-order chi connectivity index (χ1) is 10.1. The van der Waals surface area contributed by atoms with Gasteiger partial charge in [0, 0.05) is 22.1 Å². The number of rotatable bonds is 3. The Balaban J connectivity index is 2.09. The van der Waals surface area contributed by atoms with Crippen LogP contribution in [-0.4, -0.2) is 9.91 Å². The van der Waals surface area contributed by atoms with E-state index < -0.39 is 4.92 Å². The zero-order chi connectivity index (χ0) is 14.8. The summed E-state index contributed by atoms with van der Waals surface area (Å²) >= 11 is 3.22. The Morgan fingerprint density at radius 3 is 2.76 bits per heavy atom. The van der Waals surface area contributed by atoms with Gasteiger partial charge in [-0.25, -0.2) is 0 Å². The lowest BCUT2D eigenvalue weighted by Crippen LogP contribution is -1.94. The fourth-order valence-corrected chi connectivity index (χ4v) is 2.35. The van der Waals surface area contributed by atoms with E-state index >= 15 is 0 Å². The number of halogens is 1. The molecule has 0 amide bonds. The van der Waals surface area contributed by atoms with Crippen LogP contribution in [0.1, 0.15) is 0 Å². The molecule has 0 N–H and O–H groups in total. The van der Waals surface area contributed by atoms with Crippen molar-refractivity contribution < 1.29 is 9.66 Å². The minimum atomic E-state index is -0.469. The van der Waals surface area contributed by atoms with Crippen molar-refractivity contribution >= 4 is 32.5 Å². The molecule has 1 heterocycles. The lowest BCUT2D eigenvalue weighted by molar-refractivity contribution is -0.385. The lowest BCUT2D eigenvalue weighted by Gasteiger charge is -2.09. The van der Waals surface area contributed by atoms with Gasteiger partial charge in [-0.15, -0.1) is 0 Å². The minimum Gasteiger partial charge on any atom is -0.449 e. The predicted molar refractivity (Wildman–Crippen MR) is 82.6 cm³/mol. The van der Waals surface area contributed by atoms with Gasteiger partial charge in [0.1, 0.15) is 5.75 Å². The molecule has 0 atom stereocenters. The topological polar surface area (TPSA) is 65.3 Å². The molecule has 6 heteroatoms. The monoisotopic (exact) mass is 344 g/mol. The van der Waals surface area contributed by atoms with Gasteiger partial charge in [-0.05, 0) is 36.4 Å². The highest BCUT2D eigenvalue weighted by molar-refractivity contribution is 9.10. The molecule has 0 spiro atoms. The number of ether oxygens (including phenoxy) is 1. The third kappa shape index (κ3) is 2.71. The summed E-state index contributed by atoms with van der Waals surface area (Å²) < 4.78 is 6.36. The molecule has 21 heavy (non-hydrogen) atoms. The summed E-state index contributed by atoms with van der Waals surface area (Å²) in [5.74, 6) is 0.727. The Kier molecular flexibility index (Phi) is 3.53. The summed E-state index contributed by atoms with van der Waals surface area (Å²) in [6, 6.07) is 13.8. The molecule has 0 aliphatic heterocycles. The second-order valence-electron chi connectivity index (χ2n) is 4.30. The standard InChI is InChI=1S/C15H9BrN2O3/c16-10-6-7-15(13(9-10)18(19)20)21-14-5-1-4-12-11(14)3-2-8-17-12/h1-9H. The SMILES string of the molecule is O=[N+]([O-])c1cc(Br)ccc1Oc1cccc2ncccc12. The van der Waals surface area contributed by atoms with Gasteiger partial charge in [0.25, 0.3) is 0 Å². The van der Waals surface area contributed by atoms with Gasteiger partial charge >= 0.3 is 5.69 Å². The Labute approximate surface area is 128 Å². The maximum atomic E-state index is 11.1. The third-order valence-corrected chi connectivity index (χ3v) is 3.44. The highest BCUT2D eigenvalue weighted by Gasteiger charge is 2.17. The van der Waals surface area contributed by atoms with Crippen molar-refractivity contribution in [1.29, 1.82) is 0 Å². The largest absolute Gasteiger partial charge is 0.449 e. The van der Waals surface area contributed by atoms with E-state index in [0.717, 1.165) is 10.9 Å². The first-order valence-corrected chi connectivity index (χ1v) is 6.90. The molecule has 0 unspecified atom stereocenters. The van der Waals surface area contributed by atoms with Crippen LogP contribution in [0, 0.1) is 10.1 Å². The van der Waals surface area contributed by atoms with Gasteiger partial charge in [0.15, 0.2) is 0 Å². The van der Waals surface area contributed by atoms with Crippen molar-refractivity contribution in [2.75, 3.05) is 0 Å². The van der Waals surface area contributed by atoms with Crippen molar-refractivity contribution in [2.24, 2.45) is 0 Å². The first-order valence-electron chi connectivity index (χ1n) is 6.11. The van der Waals surface area contributed by atoms with Gasteiger partial charge < -0.3 is 4.74 Å². The van der Waals surface area contributed by atoms with Gasteiger partial charge in [-0.1, -0.05) is 22.0 Å². The Morgan fingerprint density at radius 1 is 1.10 bits per heavy atom. The average molecular weight is 345 g/mol. The minimum absolute atomic E-state index is 0.0923. The number of pyridine rings is 1. The molecule has 0 radical (unpaired) electrons. The number of hydrogen-bond donors (Lipinski definition) is 0. The second kappa shape index (κ2) is 5.49. The van der Waals surface area contributed by atoms with Crippen molar-refractivity contribution in [3.63, 3.8) is 0 Å². The van der Waals surface area contributed by atoms with Crippen LogP contribution in [0.15, 0.2) is 59.2 Å². The van der Waals surface area contributed by atoms with Crippen molar-refractivity contribution in [3.05, 3.63) is 69.3 Å². The number of aromatic nitrogens is 1. The normalized spacial score (nSPS) is 10.5. The fourth-order valence-electron chi connectivity index (χ4n) is 2.00. The molecule has 2 aromatic carbocycles. The summed E-state index contributed by atoms with van der Waals surface area (Å²) in [5, 5.41) is 11.9. The third-order valence-electron chi connectivity index (χ3n) is 2.94. The Hall–Kier alpha value is -2.47. The molecule has 3 rings (SSSR count). The van der Waals surface area contributed by atoms with E-state index in [2.05, 4.69) is 20.9 Å². The molecule has 0 bridgehead atoms. The fraction of sp³-hybridized carbons (Fsp3) is 0. The number of nitro groups is 1. The smallest absolute Gasteiger partial charge is 0.312 e. The van der Waals surface area contributed by atoms with Crippen LogP contribution >= 0.6 is 15.9 Å². The van der Waals surface area contributed by atoms with Gasteiger partial charge in [-0.2, -0.15) is 0 Å². The average Bonchev–Trinajstić information content (AvgIpc) is 2.49. The van der Waals surface area contributed by atoms with Crippen molar-refractivity contribution in [2.45, 2.75) is 0 Å². The maximum Gasteiger partial charge on any atom is 0.312 e. The molecule has 104 valence electrons. The Bertz CT molecular complexity index is 831. The summed E-state index contributed by atoms with van der Waals surface area (Å²) in [5.41, 5.74) is 0.681. The van der Waals surface area contributed by atoms with E-state index in [4.69, 9.17) is 4.74 Å². The summed E-state index contributed by atoms with van der Waals surface area (Å²) in [6.45, 7) is 0. The van der Waals surface area contributed by atoms with E-state index in [0.29, 0.717) is 10.2 Å². The number of nitro benzene ring substituents is 1.